The van der Waals surface area contributed by atoms with Crippen LogP contribution in [0.1, 0.15) is 11.3 Å². The largest absolute Gasteiger partial charge is 0.456 e. The molecular weight excluding hydrogens is 236 g/mol. The Hall–Kier alpha value is -2.05. The lowest BCUT2D eigenvalue weighted by Gasteiger charge is -2.06. The van der Waals surface area contributed by atoms with E-state index in [0.29, 0.717) is 22.1 Å². The SMILES string of the molecule is Cc1ccc(Oc2ccc(C#N)c(Cl)c2)cn1. The van der Waals surface area contributed by atoms with E-state index >= 15 is 0 Å². The molecule has 2 rings (SSSR count). The molecule has 0 fully saturated rings. The van der Waals surface area contributed by atoms with Gasteiger partial charge < -0.3 is 4.74 Å². The highest BCUT2D eigenvalue weighted by atomic mass is 35.5. The molecule has 0 spiro atoms. The van der Waals surface area contributed by atoms with Crippen LogP contribution in [0.15, 0.2) is 36.5 Å². The van der Waals surface area contributed by atoms with Gasteiger partial charge in [-0.2, -0.15) is 5.26 Å². The van der Waals surface area contributed by atoms with Crippen molar-refractivity contribution < 1.29 is 4.74 Å². The first-order valence-corrected chi connectivity index (χ1v) is 5.37. The van der Waals surface area contributed by atoms with Gasteiger partial charge in [0.2, 0.25) is 0 Å². The van der Waals surface area contributed by atoms with Gasteiger partial charge >= 0.3 is 0 Å². The minimum absolute atomic E-state index is 0.380. The van der Waals surface area contributed by atoms with Crippen molar-refractivity contribution in [2.24, 2.45) is 0 Å². The summed E-state index contributed by atoms with van der Waals surface area (Å²) in [6, 6.07) is 10.6. The molecule has 0 aliphatic heterocycles. The minimum Gasteiger partial charge on any atom is -0.456 e. The molecular formula is C13H9ClN2O. The zero-order chi connectivity index (χ0) is 12.3. The fourth-order valence-corrected chi connectivity index (χ4v) is 1.51. The van der Waals surface area contributed by atoms with E-state index in [1.807, 2.05) is 25.1 Å². The van der Waals surface area contributed by atoms with E-state index in [-0.39, 0.29) is 0 Å². The number of ether oxygens (including phenoxy) is 1. The van der Waals surface area contributed by atoms with Gasteiger partial charge in [-0.1, -0.05) is 11.6 Å². The number of pyridine rings is 1. The molecule has 0 N–H and O–H groups in total. The van der Waals surface area contributed by atoms with Crippen molar-refractivity contribution in [3.63, 3.8) is 0 Å². The van der Waals surface area contributed by atoms with Gasteiger partial charge in [0, 0.05) is 11.8 Å². The molecule has 84 valence electrons. The van der Waals surface area contributed by atoms with Crippen LogP contribution in [0.5, 0.6) is 11.5 Å². The van der Waals surface area contributed by atoms with Crippen molar-refractivity contribution in [3.8, 4) is 17.6 Å². The highest BCUT2D eigenvalue weighted by Gasteiger charge is 2.03. The third-order valence-corrected chi connectivity index (χ3v) is 2.49. The van der Waals surface area contributed by atoms with Crippen LogP contribution in [0.2, 0.25) is 5.02 Å². The molecule has 0 radical (unpaired) electrons. The molecule has 0 aliphatic carbocycles. The standard InChI is InChI=1S/C13H9ClN2O/c1-9-2-4-12(8-16-9)17-11-5-3-10(7-15)13(14)6-11/h2-6,8H,1H3. The maximum Gasteiger partial charge on any atom is 0.145 e. The van der Waals surface area contributed by atoms with Crippen LogP contribution in [-0.4, -0.2) is 4.98 Å². The van der Waals surface area contributed by atoms with E-state index in [9.17, 15) is 0 Å². The number of nitriles is 1. The summed E-state index contributed by atoms with van der Waals surface area (Å²) in [5, 5.41) is 9.12. The average molecular weight is 245 g/mol. The fourth-order valence-electron chi connectivity index (χ4n) is 1.30. The molecule has 17 heavy (non-hydrogen) atoms. The van der Waals surface area contributed by atoms with E-state index < -0.39 is 0 Å². The van der Waals surface area contributed by atoms with Crippen molar-refractivity contribution in [2.75, 3.05) is 0 Å². The Kier molecular flexibility index (Phi) is 3.27. The molecule has 1 aromatic heterocycles. The van der Waals surface area contributed by atoms with E-state index in [0.717, 1.165) is 5.69 Å². The van der Waals surface area contributed by atoms with Crippen LogP contribution < -0.4 is 4.74 Å². The van der Waals surface area contributed by atoms with Gasteiger partial charge in [0.25, 0.3) is 0 Å². The number of hydrogen-bond donors (Lipinski definition) is 0. The molecule has 0 amide bonds. The van der Waals surface area contributed by atoms with Crippen molar-refractivity contribution in [3.05, 3.63) is 52.8 Å². The van der Waals surface area contributed by atoms with Crippen LogP contribution >= 0.6 is 11.6 Å². The second-order valence-electron chi connectivity index (χ2n) is 3.49. The van der Waals surface area contributed by atoms with E-state index in [1.54, 1.807) is 24.4 Å². The predicted molar refractivity (Wildman–Crippen MR) is 65.2 cm³/mol. The number of hydrogen-bond acceptors (Lipinski definition) is 3. The number of aromatic nitrogens is 1. The van der Waals surface area contributed by atoms with E-state index in [1.165, 1.54) is 0 Å². The van der Waals surface area contributed by atoms with Crippen LogP contribution in [0.3, 0.4) is 0 Å². The van der Waals surface area contributed by atoms with Gasteiger partial charge in [-0.15, -0.1) is 0 Å². The Morgan fingerprint density at radius 3 is 2.59 bits per heavy atom. The molecule has 0 unspecified atom stereocenters. The second kappa shape index (κ2) is 4.86. The molecule has 3 nitrogen and oxygen atoms in total. The normalized spacial score (nSPS) is 9.71. The summed E-state index contributed by atoms with van der Waals surface area (Å²) in [6.07, 6.45) is 1.64. The second-order valence-corrected chi connectivity index (χ2v) is 3.90. The maximum atomic E-state index is 8.74. The number of rotatable bonds is 2. The molecule has 1 heterocycles. The molecule has 0 atom stereocenters. The first-order chi connectivity index (χ1) is 8.19. The minimum atomic E-state index is 0.380. The molecule has 2 aromatic rings. The van der Waals surface area contributed by atoms with Crippen molar-refractivity contribution >= 4 is 11.6 Å². The van der Waals surface area contributed by atoms with E-state index in [4.69, 9.17) is 21.6 Å². The van der Waals surface area contributed by atoms with Gasteiger partial charge in [0.15, 0.2) is 0 Å². The number of halogens is 1. The van der Waals surface area contributed by atoms with Gasteiger partial charge in [-0.25, -0.2) is 0 Å². The highest BCUT2D eigenvalue weighted by molar-refractivity contribution is 6.31. The maximum absolute atomic E-state index is 8.74. The lowest BCUT2D eigenvalue weighted by atomic mass is 10.2. The van der Waals surface area contributed by atoms with Gasteiger partial charge in [-0.05, 0) is 31.2 Å². The third kappa shape index (κ3) is 2.74. The summed E-state index contributed by atoms with van der Waals surface area (Å²) in [6.45, 7) is 1.91. The molecule has 0 saturated carbocycles. The Morgan fingerprint density at radius 1 is 1.24 bits per heavy atom. The van der Waals surface area contributed by atoms with Crippen LogP contribution in [0.25, 0.3) is 0 Å². The average Bonchev–Trinajstić information content (AvgIpc) is 2.32. The Bertz CT molecular complexity index is 573. The Labute approximate surface area is 104 Å². The van der Waals surface area contributed by atoms with Gasteiger partial charge in [-0.3, -0.25) is 4.98 Å². The summed E-state index contributed by atoms with van der Waals surface area (Å²) in [5.74, 6) is 1.22. The van der Waals surface area contributed by atoms with Crippen LogP contribution in [0, 0.1) is 18.3 Å². The first-order valence-electron chi connectivity index (χ1n) is 4.99. The van der Waals surface area contributed by atoms with E-state index in [2.05, 4.69) is 4.98 Å². The van der Waals surface area contributed by atoms with Crippen molar-refractivity contribution in [2.45, 2.75) is 6.92 Å². The zero-order valence-corrected chi connectivity index (χ0v) is 9.90. The number of benzene rings is 1. The number of aryl methyl sites for hydroxylation is 1. The van der Waals surface area contributed by atoms with Crippen LogP contribution in [0.4, 0.5) is 0 Å². The summed E-state index contributed by atoms with van der Waals surface area (Å²) < 4.78 is 5.56. The van der Waals surface area contributed by atoms with Gasteiger partial charge in [0.05, 0.1) is 16.8 Å². The predicted octanol–water partition coefficient (Wildman–Crippen LogP) is 3.71. The highest BCUT2D eigenvalue weighted by Crippen LogP contribution is 2.26. The Morgan fingerprint density at radius 2 is 2.00 bits per heavy atom. The molecule has 0 aliphatic rings. The third-order valence-electron chi connectivity index (χ3n) is 2.18. The lowest BCUT2D eigenvalue weighted by Crippen LogP contribution is -1.87. The van der Waals surface area contributed by atoms with Crippen molar-refractivity contribution in [1.29, 1.82) is 5.26 Å². The lowest BCUT2D eigenvalue weighted by molar-refractivity contribution is 0.480. The van der Waals surface area contributed by atoms with Gasteiger partial charge in [0.1, 0.15) is 17.6 Å². The Balaban J connectivity index is 2.22. The first kappa shape index (κ1) is 11.4. The summed E-state index contributed by atoms with van der Waals surface area (Å²) in [7, 11) is 0. The summed E-state index contributed by atoms with van der Waals surface area (Å²) in [4.78, 5) is 4.12. The quantitative estimate of drug-likeness (QED) is 0.809. The molecule has 0 saturated heterocycles. The monoisotopic (exact) mass is 244 g/mol. The molecule has 0 bridgehead atoms. The fraction of sp³-hybridized carbons (Fsp3) is 0.0769. The smallest absolute Gasteiger partial charge is 0.145 e. The molecule has 4 heteroatoms. The summed E-state index contributed by atoms with van der Waals surface area (Å²) >= 11 is 5.90. The topological polar surface area (TPSA) is 45.9 Å². The molecule has 1 aromatic carbocycles. The van der Waals surface area contributed by atoms with Crippen molar-refractivity contribution in [1.82, 2.24) is 4.98 Å². The number of nitrogens with zero attached hydrogens (tertiary/aromatic N) is 2. The zero-order valence-electron chi connectivity index (χ0n) is 9.14. The summed E-state index contributed by atoms with van der Waals surface area (Å²) in [5.41, 5.74) is 1.36. The van der Waals surface area contributed by atoms with Crippen LogP contribution in [-0.2, 0) is 0 Å².